The zero-order chi connectivity index (χ0) is 18.0. The minimum absolute atomic E-state index is 0.0460. The summed E-state index contributed by atoms with van der Waals surface area (Å²) in [7, 11) is 0. The number of rotatable bonds is 2. The molecule has 0 bridgehead atoms. The molecule has 3 rings (SSSR count). The molecule has 0 spiro atoms. The molecule has 0 radical (unpaired) electrons. The average molecular weight is 344 g/mol. The van der Waals surface area contributed by atoms with Crippen LogP contribution < -0.4 is 0 Å². The van der Waals surface area contributed by atoms with E-state index in [0.29, 0.717) is 38.3 Å². The molecule has 0 unspecified atom stereocenters. The largest absolute Gasteiger partial charge is 0.368 e. The maximum Gasteiger partial charge on any atom is 0.253 e. The number of carbonyl (C=O) groups is 2. The fraction of sp³-hybridized carbons (Fsp3) is 0.600. The van der Waals surface area contributed by atoms with Crippen LogP contribution in [0.2, 0.25) is 0 Å². The van der Waals surface area contributed by atoms with E-state index in [1.165, 1.54) is 5.56 Å². The molecular formula is C20H28N2O3. The smallest absolute Gasteiger partial charge is 0.253 e. The molecule has 2 amide bonds. The van der Waals surface area contributed by atoms with Crippen LogP contribution in [0, 0.1) is 0 Å². The second-order valence-corrected chi connectivity index (χ2v) is 7.95. The van der Waals surface area contributed by atoms with Gasteiger partial charge in [0.05, 0.1) is 0 Å². The summed E-state index contributed by atoms with van der Waals surface area (Å²) in [5.74, 6) is 0.129. The van der Waals surface area contributed by atoms with Crippen molar-refractivity contribution in [3.05, 3.63) is 35.4 Å². The Kier molecular flexibility index (Phi) is 5.13. The van der Waals surface area contributed by atoms with Gasteiger partial charge in [0.1, 0.15) is 6.10 Å². The summed E-state index contributed by atoms with van der Waals surface area (Å²) in [6.07, 6.45) is 1.50. The first kappa shape index (κ1) is 17.9. The number of carbonyl (C=O) groups excluding carboxylic acids is 2. The molecule has 1 aromatic carbocycles. The van der Waals surface area contributed by atoms with Crippen molar-refractivity contribution in [2.24, 2.45) is 0 Å². The topological polar surface area (TPSA) is 49.9 Å². The van der Waals surface area contributed by atoms with Crippen molar-refractivity contribution in [3.8, 4) is 0 Å². The number of amides is 2. The summed E-state index contributed by atoms with van der Waals surface area (Å²) in [6.45, 7) is 9.50. The molecular weight excluding hydrogens is 316 g/mol. The highest BCUT2D eigenvalue weighted by molar-refractivity contribution is 5.94. The van der Waals surface area contributed by atoms with Crippen molar-refractivity contribution in [1.29, 1.82) is 0 Å². The van der Waals surface area contributed by atoms with E-state index in [4.69, 9.17) is 4.74 Å². The summed E-state index contributed by atoms with van der Waals surface area (Å²) >= 11 is 0. The van der Waals surface area contributed by atoms with Crippen LogP contribution in [-0.2, 0) is 14.9 Å². The first-order chi connectivity index (χ1) is 11.9. The summed E-state index contributed by atoms with van der Waals surface area (Å²) in [4.78, 5) is 28.7. The molecule has 5 nitrogen and oxygen atoms in total. The van der Waals surface area contributed by atoms with Crippen molar-refractivity contribution in [2.75, 3.05) is 32.8 Å². The molecule has 1 aromatic rings. The molecule has 2 fully saturated rings. The Hall–Kier alpha value is -1.88. The lowest BCUT2D eigenvalue weighted by Gasteiger charge is -2.35. The lowest BCUT2D eigenvalue weighted by atomic mass is 9.86. The van der Waals surface area contributed by atoms with E-state index in [1.54, 1.807) is 0 Å². The van der Waals surface area contributed by atoms with Gasteiger partial charge in [-0.05, 0) is 36.0 Å². The van der Waals surface area contributed by atoms with Gasteiger partial charge in [-0.15, -0.1) is 0 Å². The average Bonchev–Trinajstić information content (AvgIpc) is 3.14. The highest BCUT2D eigenvalue weighted by atomic mass is 16.5. The number of piperazine rings is 1. The van der Waals surface area contributed by atoms with Gasteiger partial charge in [-0.1, -0.05) is 32.9 Å². The van der Waals surface area contributed by atoms with Crippen LogP contribution in [0.3, 0.4) is 0 Å². The van der Waals surface area contributed by atoms with Crippen molar-refractivity contribution < 1.29 is 14.3 Å². The molecule has 2 aliphatic heterocycles. The lowest BCUT2D eigenvalue weighted by molar-refractivity contribution is -0.142. The number of ether oxygens (including phenoxy) is 1. The van der Waals surface area contributed by atoms with Crippen LogP contribution in [0.5, 0.6) is 0 Å². The van der Waals surface area contributed by atoms with E-state index in [2.05, 4.69) is 20.8 Å². The maximum atomic E-state index is 12.7. The van der Waals surface area contributed by atoms with Gasteiger partial charge >= 0.3 is 0 Å². The van der Waals surface area contributed by atoms with Crippen LogP contribution in [0.1, 0.15) is 49.5 Å². The minimum atomic E-state index is -0.271. The third-order valence-corrected chi connectivity index (χ3v) is 5.08. The van der Waals surface area contributed by atoms with Crippen LogP contribution in [0.4, 0.5) is 0 Å². The van der Waals surface area contributed by atoms with Gasteiger partial charge in [0.2, 0.25) is 0 Å². The van der Waals surface area contributed by atoms with Gasteiger partial charge in [-0.2, -0.15) is 0 Å². The third kappa shape index (κ3) is 4.03. The van der Waals surface area contributed by atoms with Crippen molar-refractivity contribution in [1.82, 2.24) is 9.80 Å². The SMILES string of the molecule is CC(C)(C)c1ccc(C(=O)N2CCN(C(=O)[C@@H]3CCCO3)CC2)cc1. The molecule has 136 valence electrons. The van der Waals surface area contributed by atoms with Gasteiger partial charge in [0.25, 0.3) is 11.8 Å². The van der Waals surface area contributed by atoms with Gasteiger partial charge in [0, 0.05) is 38.3 Å². The molecule has 2 aliphatic rings. The number of hydrogen-bond donors (Lipinski definition) is 0. The second-order valence-electron chi connectivity index (χ2n) is 7.95. The molecule has 2 heterocycles. The zero-order valence-electron chi connectivity index (χ0n) is 15.5. The summed E-state index contributed by atoms with van der Waals surface area (Å²) < 4.78 is 5.48. The van der Waals surface area contributed by atoms with Crippen molar-refractivity contribution >= 4 is 11.8 Å². The fourth-order valence-electron chi connectivity index (χ4n) is 3.40. The first-order valence-corrected chi connectivity index (χ1v) is 9.16. The first-order valence-electron chi connectivity index (χ1n) is 9.16. The quantitative estimate of drug-likeness (QED) is 0.828. The van der Waals surface area contributed by atoms with E-state index in [9.17, 15) is 9.59 Å². The third-order valence-electron chi connectivity index (χ3n) is 5.08. The van der Waals surface area contributed by atoms with E-state index in [0.717, 1.165) is 12.8 Å². The lowest BCUT2D eigenvalue weighted by Crippen LogP contribution is -2.52. The predicted molar refractivity (Wildman–Crippen MR) is 96.6 cm³/mol. The van der Waals surface area contributed by atoms with Gasteiger partial charge in [-0.3, -0.25) is 9.59 Å². The van der Waals surface area contributed by atoms with Crippen molar-refractivity contribution in [3.63, 3.8) is 0 Å². The summed E-state index contributed by atoms with van der Waals surface area (Å²) in [6, 6.07) is 7.88. The van der Waals surface area contributed by atoms with Gasteiger partial charge < -0.3 is 14.5 Å². The number of nitrogens with zero attached hydrogens (tertiary/aromatic N) is 2. The summed E-state index contributed by atoms with van der Waals surface area (Å²) in [5, 5.41) is 0. The molecule has 25 heavy (non-hydrogen) atoms. The molecule has 5 heteroatoms. The molecule has 2 saturated heterocycles. The highest BCUT2D eigenvalue weighted by Gasteiger charge is 2.31. The predicted octanol–water partition coefficient (Wildman–Crippen LogP) is 2.45. The molecule has 0 aromatic heterocycles. The number of hydrogen-bond acceptors (Lipinski definition) is 3. The monoisotopic (exact) mass is 344 g/mol. The second kappa shape index (κ2) is 7.16. The molecule has 0 N–H and O–H groups in total. The Bertz CT molecular complexity index is 619. The Labute approximate surface area is 149 Å². The Morgan fingerprint density at radius 2 is 1.60 bits per heavy atom. The van der Waals surface area contributed by atoms with Crippen LogP contribution in [-0.4, -0.2) is 60.5 Å². The zero-order valence-corrected chi connectivity index (χ0v) is 15.5. The Morgan fingerprint density at radius 1 is 1.00 bits per heavy atom. The normalized spacial score (nSPS) is 21.5. The molecule has 0 aliphatic carbocycles. The Balaban J connectivity index is 1.57. The maximum absolute atomic E-state index is 12.7. The van der Waals surface area contributed by atoms with Crippen LogP contribution >= 0.6 is 0 Å². The fourth-order valence-corrected chi connectivity index (χ4v) is 3.40. The van der Waals surface area contributed by atoms with E-state index in [1.807, 2.05) is 34.1 Å². The molecule has 1 atom stereocenters. The highest BCUT2D eigenvalue weighted by Crippen LogP contribution is 2.23. The summed E-state index contributed by atoms with van der Waals surface area (Å²) in [5.41, 5.74) is 2.01. The standard InChI is InChI=1S/C20H28N2O3/c1-20(2,3)16-8-6-15(7-9-16)18(23)21-10-12-22(13-11-21)19(24)17-5-4-14-25-17/h6-9,17H,4-5,10-14H2,1-3H3/t17-/m0/s1. The minimum Gasteiger partial charge on any atom is -0.368 e. The van der Waals surface area contributed by atoms with E-state index in [-0.39, 0.29) is 23.3 Å². The van der Waals surface area contributed by atoms with Crippen LogP contribution in [0.25, 0.3) is 0 Å². The van der Waals surface area contributed by atoms with Gasteiger partial charge in [0.15, 0.2) is 0 Å². The van der Waals surface area contributed by atoms with Gasteiger partial charge in [-0.25, -0.2) is 0 Å². The number of benzene rings is 1. The van der Waals surface area contributed by atoms with Crippen molar-refractivity contribution in [2.45, 2.75) is 45.1 Å². The Morgan fingerprint density at radius 3 is 2.12 bits per heavy atom. The van der Waals surface area contributed by atoms with Crippen LogP contribution in [0.15, 0.2) is 24.3 Å². The van der Waals surface area contributed by atoms with E-state index >= 15 is 0 Å². The molecule has 0 saturated carbocycles. The van der Waals surface area contributed by atoms with E-state index < -0.39 is 0 Å².